The van der Waals surface area contributed by atoms with Gasteiger partial charge in [0, 0.05) is 18.8 Å². The van der Waals surface area contributed by atoms with Crippen molar-refractivity contribution in [2.24, 2.45) is 0 Å². The minimum absolute atomic E-state index is 0.0603. The van der Waals surface area contributed by atoms with Gasteiger partial charge in [-0.25, -0.2) is 14.4 Å². The Morgan fingerprint density at radius 2 is 1.88 bits per heavy atom. The van der Waals surface area contributed by atoms with Crippen LogP contribution in [0.1, 0.15) is 17.0 Å². The number of halogens is 4. The summed E-state index contributed by atoms with van der Waals surface area (Å²) in [7, 11) is 0. The number of aryl methyl sites for hydroxylation is 1. The van der Waals surface area contributed by atoms with E-state index in [1.807, 2.05) is 0 Å². The van der Waals surface area contributed by atoms with Gasteiger partial charge in [0.2, 0.25) is 5.95 Å². The van der Waals surface area contributed by atoms with Crippen molar-refractivity contribution in [3.8, 4) is 11.3 Å². The molecule has 1 N–H and O–H groups in total. The van der Waals surface area contributed by atoms with Crippen LogP contribution < -0.4 is 5.32 Å². The van der Waals surface area contributed by atoms with Crippen LogP contribution in [-0.4, -0.2) is 15.1 Å². The summed E-state index contributed by atoms with van der Waals surface area (Å²) in [5.41, 5.74) is -0.296. The van der Waals surface area contributed by atoms with Crippen molar-refractivity contribution < 1.29 is 22.1 Å². The van der Waals surface area contributed by atoms with E-state index in [0.29, 0.717) is 11.3 Å². The third-order valence-electron chi connectivity index (χ3n) is 3.31. The monoisotopic (exact) mass is 352 g/mol. The van der Waals surface area contributed by atoms with Gasteiger partial charge < -0.3 is 9.84 Å². The summed E-state index contributed by atoms with van der Waals surface area (Å²) in [4.78, 5) is 7.44. The minimum atomic E-state index is -4.69. The maximum Gasteiger partial charge on any atom is 0.434 e. The summed E-state index contributed by atoms with van der Waals surface area (Å²) < 4.78 is 57.7. The first-order chi connectivity index (χ1) is 11.8. The molecule has 0 unspecified atom stereocenters. The van der Waals surface area contributed by atoms with Crippen LogP contribution in [0.3, 0.4) is 0 Å². The van der Waals surface area contributed by atoms with Crippen LogP contribution in [0.5, 0.6) is 0 Å². The molecule has 0 amide bonds. The Morgan fingerprint density at radius 1 is 1.16 bits per heavy atom. The molecule has 130 valence electrons. The van der Waals surface area contributed by atoms with E-state index in [-0.39, 0.29) is 23.8 Å². The van der Waals surface area contributed by atoms with E-state index in [9.17, 15) is 17.6 Å². The maximum atomic E-state index is 13.3. The maximum absolute atomic E-state index is 13.3. The molecule has 9 heteroatoms. The molecule has 5 nitrogen and oxygen atoms in total. The average Bonchev–Trinajstić information content (AvgIpc) is 3.00. The topological polar surface area (TPSA) is 63.8 Å². The van der Waals surface area contributed by atoms with Gasteiger partial charge in [0.25, 0.3) is 0 Å². The third-order valence-corrected chi connectivity index (χ3v) is 3.31. The van der Waals surface area contributed by atoms with Gasteiger partial charge >= 0.3 is 6.18 Å². The summed E-state index contributed by atoms with van der Waals surface area (Å²) in [6.45, 7) is 1.75. The van der Waals surface area contributed by atoms with Crippen molar-refractivity contribution in [1.82, 2.24) is 15.1 Å². The van der Waals surface area contributed by atoms with Gasteiger partial charge in [0.1, 0.15) is 5.82 Å². The lowest BCUT2D eigenvalue weighted by Gasteiger charge is -2.12. The smallest absolute Gasteiger partial charge is 0.356 e. The number of hydrogen-bond acceptors (Lipinski definition) is 5. The van der Waals surface area contributed by atoms with Crippen molar-refractivity contribution in [3.05, 3.63) is 59.3 Å². The molecule has 1 aromatic carbocycles. The number of rotatable bonds is 4. The van der Waals surface area contributed by atoms with Crippen LogP contribution in [0.25, 0.3) is 11.3 Å². The predicted octanol–water partition coefficient (Wildman–Crippen LogP) is 4.21. The summed E-state index contributed by atoms with van der Waals surface area (Å²) in [5, 5.41) is 6.26. The van der Waals surface area contributed by atoms with Crippen molar-refractivity contribution >= 4 is 5.95 Å². The van der Waals surface area contributed by atoms with E-state index in [0.717, 1.165) is 6.20 Å². The lowest BCUT2D eigenvalue weighted by atomic mass is 10.1. The van der Waals surface area contributed by atoms with Gasteiger partial charge in [-0.1, -0.05) is 17.3 Å². The fourth-order valence-corrected chi connectivity index (χ4v) is 2.14. The Bertz CT molecular complexity index is 875. The molecule has 3 rings (SSSR count). The largest absolute Gasteiger partial charge is 0.434 e. The van der Waals surface area contributed by atoms with E-state index >= 15 is 0 Å². The molecule has 0 fully saturated rings. The van der Waals surface area contributed by atoms with Crippen molar-refractivity contribution in [2.75, 3.05) is 5.32 Å². The normalized spacial score (nSPS) is 11.6. The number of hydrogen-bond donors (Lipinski definition) is 1. The highest BCUT2D eigenvalue weighted by Gasteiger charge is 2.37. The molecule has 0 saturated heterocycles. The molecule has 0 saturated carbocycles. The molecular weight excluding hydrogens is 340 g/mol. The fraction of sp³-hybridized carbons (Fsp3) is 0.188. The Kier molecular flexibility index (Phi) is 4.39. The fourth-order valence-electron chi connectivity index (χ4n) is 2.14. The average molecular weight is 352 g/mol. The minimum Gasteiger partial charge on any atom is -0.356 e. The second-order valence-corrected chi connectivity index (χ2v) is 5.27. The number of anilines is 1. The summed E-state index contributed by atoms with van der Waals surface area (Å²) in [6.07, 6.45) is -3.66. The molecule has 0 atom stereocenters. The second kappa shape index (κ2) is 6.50. The lowest BCUT2D eigenvalue weighted by Crippen LogP contribution is -2.13. The molecule has 2 heterocycles. The van der Waals surface area contributed by atoms with Crippen LogP contribution >= 0.6 is 0 Å². The zero-order chi connectivity index (χ0) is 18.0. The zero-order valence-electron chi connectivity index (χ0n) is 12.9. The van der Waals surface area contributed by atoms with Crippen LogP contribution in [-0.2, 0) is 12.7 Å². The molecular formula is C16H12F4N4O. The van der Waals surface area contributed by atoms with Crippen LogP contribution in [0.4, 0.5) is 23.5 Å². The van der Waals surface area contributed by atoms with Gasteiger partial charge in [-0.2, -0.15) is 13.2 Å². The van der Waals surface area contributed by atoms with E-state index in [1.165, 1.54) is 30.3 Å². The molecule has 0 spiro atoms. The first-order valence-corrected chi connectivity index (χ1v) is 7.19. The van der Waals surface area contributed by atoms with Crippen LogP contribution in [0, 0.1) is 12.7 Å². The second-order valence-electron chi connectivity index (χ2n) is 5.27. The number of benzene rings is 1. The molecule has 3 aromatic rings. The lowest BCUT2D eigenvalue weighted by molar-refractivity contribution is -0.140. The summed E-state index contributed by atoms with van der Waals surface area (Å²) >= 11 is 0. The van der Waals surface area contributed by atoms with Gasteiger partial charge in [-0.15, -0.1) is 0 Å². The molecule has 0 bridgehead atoms. The SMILES string of the molecule is Cc1cc(-c2cnc(NCc3ccc(F)cc3)nc2C(F)(F)F)on1. The van der Waals surface area contributed by atoms with Crippen molar-refractivity contribution in [3.63, 3.8) is 0 Å². The standard InChI is InChI=1S/C16H12F4N4O/c1-9-6-13(25-24-9)12-8-22-15(23-14(12)16(18,19)20)21-7-10-2-4-11(17)5-3-10/h2-6,8H,7H2,1H3,(H,21,22,23). The highest BCUT2D eigenvalue weighted by molar-refractivity contribution is 5.61. The van der Waals surface area contributed by atoms with Crippen molar-refractivity contribution in [1.29, 1.82) is 0 Å². The Hall–Kier alpha value is -2.97. The van der Waals surface area contributed by atoms with E-state index in [1.54, 1.807) is 6.92 Å². The predicted molar refractivity (Wildman–Crippen MR) is 81.0 cm³/mol. The zero-order valence-corrected chi connectivity index (χ0v) is 12.9. The molecule has 25 heavy (non-hydrogen) atoms. The van der Waals surface area contributed by atoms with Gasteiger partial charge in [0.05, 0.1) is 11.3 Å². The van der Waals surface area contributed by atoms with Gasteiger partial charge in [-0.05, 0) is 24.6 Å². The highest BCUT2D eigenvalue weighted by atomic mass is 19.4. The molecule has 0 aliphatic carbocycles. The molecule has 0 aliphatic heterocycles. The number of alkyl halides is 3. The number of nitrogens with one attached hydrogen (secondary N) is 1. The molecule has 2 aromatic heterocycles. The van der Waals surface area contributed by atoms with Crippen LogP contribution in [0.2, 0.25) is 0 Å². The van der Waals surface area contributed by atoms with E-state index < -0.39 is 17.7 Å². The molecule has 0 radical (unpaired) electrons. The van der Waals surface area contributed by atoms with Gasteiger partial charge in [0.15, 0.2) is 11.5 Å². The quantitative estimate of drug-likeness (QED) is 0.713. The number of aromatic nitrogens is 3. The van der Waals surface area contributed by atoms with Gasteiger partial charge in [-0.3, -0.25) is 0 Å². The number of nitrogens with zero attached hydrogens (tertiary/aromatic N) is 3. The van der Waals surface area contributed by atoms with E-state index in [2.05, 4.69) is 20.4 Å². The summed E-state index contributed by atoms with van der Waals surface area (Å²) in [5.74, 6) is -0.655. The first kappa shape index (κ1) is 16.9. The Morgan fingerprint density at radius 3 is 2.48 bits per heavy atom. The van der Waals surface area contributed by atoms with Crippen molar-refractivity contribution in [2.45, 2.75) is 19.6 Å². The van der Waals surface area contributed by atoms with Crippen LogP contribution in [0.15, 0.2) is 41.1 Å². The first-order valence-electron chi connectivity index (χ1n) is 7.19. The Balaban J connectivity index is 1.87. The highest BCUT2D eigenvalue weighted by Crippen LogP contribution is 2.36. The van der Waals surface area contributed by atoms with E-state index in [4.69, 9.17) is 4.52 Å². The Labute approximate surface area is 139 Å². The summed E-state index contributed by atoms with van der Waals surface area (Å²) in [6, 6.07) is 6.92. The molecule has 0 aliphatic rings. The third kappa shape index (κ3) is 3.93.